The summed E-state index contributed by atoms with van der Waals surface area (Å²) in [6, 6.07) is 0. The third-order valence-electron chi connectivity index (χ3n) is 7.00. The van der Waals surface area contributed by atoms with Gasteiger partial charge >= 0.3 is 5.97 Å². The van der Waals surface area contributed by atoms with Gasteiger partial charge < -0.3 is 4.74 Å². The quantitative estimate of drug-likeness (QED) is 0.0979. The lowest BCUT2D eigenvalue weighted by Gasteiger charge is -2.19. The molecule has 0 fully saturated rings. The van der Waals surface area contributed by atoms with Crippen LogP contribution in [0.1, 0.15) is 169 Å². The molecule has 0 amide bonds. The van der Waals surface area contributed by atoms with Gasteiger partial charge in [0.2, 0.25) is 0 Å². The maximum Gasteiger partial charge on any atom is 0.340 e. The number of ether oxygens (including phenoxy) is 1. The monoisotopic (exact) mass is 470 g/mol. The Balaban J connectivity index is 3.81. The standard InChI is InChI=1S/C30H59FO2/c1-5-8-11-12-13-14-19-22-27(4)23-20-15-16-21-26-29(31)30(32)33-28(24-17-9-6-2)25-18-10-7-3/h27-29H,5-26H2,1-4H3. The van der Waals surface area contributed by atoms with Crippen molar-refractivity contribution in [1.82, 2.24) is 0 Å². The van der Waals surface area contributed by atoms with Gasteiger partial charge in [-0.1, -0.05) is 130 Å². The second-order valence-electron chi connectivity index (χ2n) is 10.5. The lowest BCUT2D eigenvalue weighted by molar-refractivity contribution is -0.156. The third-order valence-corrected chi connectivity index (χ3v) is 7.00. The summed E-state index contributed by atoms with van der Waals surface area (Å²) in [7, 11) is 0. The van der Waals surface area contributed by atoms with Crippen molar-refractivity contribution in [2.45, 2.75) is 181 Å². The van der Waals surface area contributed by atoms with E-state index in [2.05, 4.69) is 27.7 Å². The van der Waals surface area contributed by atoms with Gasteiger partial charge in [0.15, 0.2) is 6.17 Å². The summed E-state index contributed by atoms with van der Waals surface area (Å²) in [6.45, 7) is 8.99. The van der Waals surface area contributed by atoms with Gasteiger partial charge in [0.1, 0.15) is 6.10 Å². The molecule has 2 unspecified atom stereocenters. The first-order valence-electron chi connectivity index (χ1n) is 14.9. The van der Waals surface area contributed by atoms with Crippen LogP contribution in [0.3, 0.4) is 0 Å². The molecule has 0 rings (SSSR count). The van der Waals surface area contributed by atoms with Gasteiger partial charge in [-0.05, 0) is 44.4 Å². The molecule has 0 bridgehead atoms. The minimum atomic E-state index is -1.44. The van der Waals surface area contributed by atoms with E-state index in [0.717, 1.165) is 76.5 Å². The Morgan fingerprint density at radius 1 is 0.576 bits per heavy atom. The number of esters is 1. The first-order valence-corrected chi connectivity index (χ1v) is 14.9. The van der Waals surface area contributed by atoms with Crippen molar-refractivity contribution in [3.8, 4) is 0 Å². The highest BCUT2D eigenvalue weighted by molar-refractivity contribution is 5.74. The Morgan fingerprint density at radius 3 is 1.42 bits per heavy atom. The third kappa shape index (κ3) is 21.7. The minimum Gasteiger partial charge on any atom is -0.460 e. The van der Waals surface area contributed by atoms with E-state index in [1.54, 1.807) is 0 Å². The highest BCUT2D eigenvalue weighted by Crippen LogP contribution is 2.20. The van der Waals surface area contributed by atoms with Crippen LogP contribution in [-0.4, -0.2) is 18.2 Å². The molecule has 0 aromatic heterocycles. The van der Waals surface area contributed by atoms with Gasteiger partial charge in [-0.25, -0.2) is 9.18 Å². The van der Waals surface area contributed by atoms with Crippen molar-refractivity contribution in [1.29, 1.82) is 0 Å². The number of carbonyl (C=O) groups is 1. The summed E-state index contributed by atoms with van der Waals surface area (Å²) in [5, 5.41) is 0. The molecule has 0 aliphatic rings. The Kier molecular flexibility index (Phi) is 24.1. The molecule has 0 aliphatic heterocycles. The average molecular weight is 471 g/mol. The molecule has 2 nitrogen and oxygen atoms in total. The highest BCUT2D eigenvalue weighted by atomic mass is 19.1. The fraction of sp³-hybridized carbons (Fsp3) is 0.967. The van der Waals surface area contributed by atoms with E-state index in [1.165, 1.54) is 64.2 Å². The van der Waals surface area contributed by atoms with E-state index < -0.39 is 12.1 Å². The first-order chi connectivity index (χ1) is 16.0. The van der Waals surface area contributed by atoms with Crippen LogP contribution >= 0.6 is 0 Å². The molecule has 0 aliphatic carbocycles. The van der Waals surface area contributed by atoms with Gasteiger partial charge in [-0.15, -0.1) is 0 Å². The number of hydrogen-bond acceptors (Lipinski definition) is 2. The van der Waals surface area contributed by atoms with Crippen LogP contribution in [0, 0.1) is 5.92 Å². The molecule has 0 heterocycles. The van der Waals surface area contributed by atoms with Gasteiger partial charge in [0, 0.05) is 0 Å². The Morgan fingerprint density at radius 2 is 0.939 bits per heavy atom. The molecule has 0 spiro atoms. The SMILES string of the molecule is CCCCCCCCCC(C)CCCCCCC(F)C(=O)OC(CCCCC)CCCCC. The van der Waals surface area contributed by atoms with Crippen LogP contribution < -0.4 is 0 Å². The topological polar surface area (TPSA) is 26.3 Å². The van der Waals surface area contributed by atoms with Crippen molar-refractivity contribution >= 4 is 5.97 Å². The van der Waals surface area contributed by atoms with Crippen LogP contribution in [0.4, 0.5) is 4.39 Å². The molecule has 198 valence electrons. The summed E-state index contributed by atoms with van der Waals surface area (Å²) in [5.74, 6) is 0.193. The molecule has 0 aromatic carbocycles. The number of hydrogen-bond donors (Lipinski definition) is 0. The van der Waals surface area contributed by atoms with Crippen LogP contribution in [0.25, 0.3) is 0 Å². The van der Waals surface area contributed by atoms with Gasteiger partial charge in [-0.2, -0.15) is 0 Å². The molecule has 0 radical (unpaired) electrons. The number of rotatable bonds is 25. The average Bonchev–Trinajstić information content (AvgIpc) is 2.80. The lowest BCUT2D eigenvalue weighted by atomic mass is 9.96. The van der Waals surface area contributed by atoms with Crippen molar-refractivity contribution < 1.29 is 13.9 Å². The van der Waals surface area contributed by atoms with Crippen LogP contribution in [0.15, 0.2) is 0 Å². The molecule has 0 saturated heterocycles. The van der Waals surface area contributed by atoms with Crippen molar-refractivity contribution in [3.05, 3.63) is 0 Å². The van der Waals surface area contributed by atoms with Crippen LogP contribution in [0.2, 0.25) is 0 Å². The Labute approximate surface area is 207 Å². The zero-order valence-corrected chi connectivity index (χ0v) is 23.0. The maximum atomic E-state index is 14.4. The second kappa shape index (κ2) is 24.5. The van der Waals surface area contributed by atoms with E-state index in [4.69, 9.17) is 4.74 Å². The van der Waals surface area contributed by atoms with E-state index >= 15 is 0 Å². The second-order valence-corrected chi connectivity index (χ2v) is 10.5. The summed E-state index contributed by atoms with van der Waals surface area (Å²) < 4.78 is 19.9. The summed E-state index contributed by atoms with van der Waals surface area (Å²) in [6.07, 6.45) is 23.8. The molecule has 3 heteroatoms. The smallest absolute Gasteiger partial charge is 0.340 e. The molecular weight excluding hydrogens is 411 g/mol. The number of carbonyl (C=O) groups excluding carboxylic acids is 1. The van der Waals surface area contributed by atoms with Gasteiger partial charge in [-0.3, -0.25) is 0 Å². The van der Waals surface area contributed by atoms with Crippen LogP contribution in [-0.2, 0) is 9.53 Å². The molecule has 0 N–H and O–H groups in total. The van der Waals surface area contributed by atoms with Gasteiger partial charge in [0.05, 0.1) is 0 Å². The van der Waals surface area contributed by atoms with E-state index in [-0.39, 0.29) is 6.10 Å². The summed E-state index contributed by atoms with van der Waals surface area (Å²) in [4.78, 5) is 12.2. The van der Waals surface area contributed by atoms with Crippen molar-refractivity contribution in [3.63, 3.8) is 0 Å². The molecule has 0 aromatic rings. The highest BCUT2D eigenvalue weighted by Gasteiger charge is 2.22. The predicted molar refractivity (Wildman–Crippen MR) is 143 cm³/mol. The zero-order chi connectivity index (χ0) is 24.6. The number of halogens is 1. The summed E-state index contributed by atoms with van der Waals surface area (Å²) >= 11 is 0. The van der Waals surface area contributed by atoms with Crippen molar-refractivity contribution in [2.75, 3.05) is 0 Å². The largest absolute Gasteiger partial charge is 0.460 e. The number of unbranched alkanes of at least 4 members (excludes halogenated alkanes) is 13. The fourth-order valence-corrected chi connectivity index (χ4v) is 4.63. The van der Waals surface area contributed by atoms with E-state index in [1.807, 2.05) is 0 Å². The van der Waals surface area contributed by atoms with Crippen molar-refractivity contribution in [2.24, 2.45) is 5.92 Å². The molecule has 2 atom stereocenters. The fourth-order valence-electron chi connectivity index (χ4n) is 4.63. The maximum absolute atomic E-state index is 14.4. The van der Waals surface area contributed by atoms with E-state index in [9.17, 15) is 9.18 Å². The molecule has 0 saturated carbocycles. The predicted octanol–water partition coefficient (Wildman–Crippen LogP) is 10.5. The number of alkyl halides is 1. The lowest BCUT2D eigenvalue weighted by Crippen LogP contribution is -2.25. The molecular formula is C30H59FO2. The Bertz CT molecular complexity index is 402. The Hall–Kier alpha value is -0.600. The van der Waals surface area contributed by atoms with Gasteiger partial charge in [0.25, 0.3) is 0 Å². The summed E-state index contributed by atoms with van der Waals surface area (Å²) in [5.41, 5.74) is 0. The minimum absolute atomic E-state index is 0.0910. The first kappa shape index (κ1) is 32.4. The molecule has 33 heavy (non-hydrogen) atoms. The zero-order valence-electron chi connectivity index (χ0n) is 23.0. The normalized spacial score (nSPS) is 13.4. The van der Waals surface area contributed by atoms with E-state index in [0.29, 0.717) is 6.42 Å². The van der Waals surface area contributed by atoms with Crippen LogP contribution in [0.5, 0.6) is 0 Å².